The molecule has 4 heterocycles. The van der Waals surface area contributed by atoms with Crippen LogP contribution in [0, 0.1) is 0 Å². The first kappa shape index (κ1) is 17.3. The van der Waals surface area contributed by atoms with Crippen molar-refractivity contribution in [1.82, 2.24) is 14.2 Å². The van der Waals surface area contributed by atoms with E-state index in [0.717, 1.165) is 30.3 Å². The van der Waals surface area contributed by atoms with Crippen molar-refractivity contribution in [2.24, 2.45) is 0 Å². The van der Waals surface area contributed by atoms with Gasteiger partial charge < -0.3 is 0 Å². The Morgan fingerprint density at radius 1 is 1.00 bits per heavy atom. The van der Waals surface area contributed by atoms with Crippen molar-refractivity contribution in [2.45, 2.75) is 10.8 Å². The Morgan fingerprint density at radius 3 is 2.44 bits per heavy atom. The van der Waals surface area contributed by atoms with Crippen LogP contribution < -0.4 is 0 Å². The number of hydrogen-bond donors (Lipinski definition) is 0. The number of sulfonamides is 1. The summed E-state index contributed by atoms with van der Waals surface area (Å²) in [5.74, 6) is 0. The van der Waals surface area contributed by atoms with E-state index in [4.69, 9.17) is 4.98 Å². The zero-order valence-electron chi connectivity index (χ0n) is 13.4. The van der Waals surface area contributed by atoms with Gasteiger partial charge in [-0.3, -0.25) is 4.90 Å². The van der Waals surface area contributed by atoms with Crippen LogP contribution in [-0.2, 0) is 16.6 Å². The molecule has 0 unspecified atom stereocenters. The van der Waals surface area contributed by atoms with Crippen LogP contribution in [0.1, 0.15) is 5.01 Å². The Balaban J connectivity index is 1.36. The highest BCUT2D eigenvalue weighted by Gasteiger charge is 2.29. The average Bonchev–Trinajstić information content (AvgIpc) is 3.37. The van der Waals surface area contributed by atoms with Crippen molar-refractivity contribution in [3.63, 3.8) is 0 Å². The third-order valence-corrected chi connectivity index (χ3v) is 9.10. The van der Waals surface area contributed by atoms with Gasteiger partial charge in [-0.2, -0.15) is 4.31 Å². The second-order valence-corrected chi connectivity index (χ2v) is 10.7. The normalized spacial score (nSPS) is 17.1. The molecule has 132 valence electrons. The lowest BCUT2D eigenvalue weighted by molar-refractivity contribution is 0.181. The molecule has 9 heteroatoms. The van der Waals surface area contributed by atoms with Crippen molar-refractivity contribution < 1.29 is 8.42 Å². The molecule has 0 radical (unpaired) electrons. The van der Waals surface area contributed by atoms with Crippen LogP contribution in [0.25, 0.3) is 10.6 Å². The summed E-state index contributed by atoms with van der Waals surface area (Å²) in [5.41, 5.74) is 1.04. The first-order chi connectivity index (χ1) is 12.1. The van der Waals surface area contributed by atoms with Gasteiger partial charge in [0.05, 0.1) is 17.1 Å². The molecule has 1 aliphatic rings. The predicted octanol–water partition coefficient (Wildman–Crippen LogP) is 3.44. The van der Waals surface area contributed by atoms with Crippen LogP contribution in [0.3, 0.4) is 0 Å². The number of rotatable bonds is 5. The summed E-state index contributed by atoms with van der Waals surface area (Å²) in [6.45, 7) is 3.31. The molecular weight excluding hydrogens is 394 g/mol. The Labute approximate surface area is 159 Å². The molecule has 1 saturated heterocycles. The largest absolute Gasteiger partial charge is 0.294 e. The Kier molecular flexibility index (Phi) is 5.03. The minimum atomic E-state index is -3.33. The van der Waals surface area contributed by atoms with E-state index in [0.29, 0.717) is 17.3 Å². The standard InChI is InChI=1S/C16H17N3O2S4/c20-25(21,16-4-2-10-23-16)19-7-5-18(6-8-19)11-15-17-13(12-24-15)14-3-1-9-22-14/h1-4,9-10,12H,5-8,11H2. The molecule has 1 fully saturated rings. The van der Waals surface area contributed by atoms with Crippen molar-refractivity contribution in [3.8, 4) is 10.6 Å². The van der Waals surface area contributed by atoms with Gasteiger partial charge in [0.15, 0.2) is 0 Å². The van der Waals surface area contributed by atoms with Crippen LogP contribution in [0.15, 0.2) is 44.6 Å². The Morgan fingerprint density at radius 2 is 1.76 bits per heavy atom. The van der Waals surface area contributed by atoms with E-state index in [1.54, 1.807) is 44.5 Å². The summed E-state index contributed by atoms with van der Waals surface area (Å²) in [6.07, 6.45) is 0. The molecule has 0 bridgehead atoms. The number of hydrogen-bond acceptors (Lipinski definition) is 7. The maximum atomic E-state index is 12.6. The predicted molar refractivity (Wildman–Crippen MR) is 104 cm³/mol. The van der Waals surface area contributed by atoms with Gasteiger partial charge in [0.25, 0.3) is 10.0 Å². The summed E-state index contributed by atoms with van der Waals surface area (Å²) < 4.78 is 27.1. The maximum absolute atomic E-state index is 12.6. The highest BCUT2D eigenvalue weighted by atomic mass is 32.2. The van der Waals surface area contributed by atoms with Gasteiger partial charge in [0.1, 0.15) is 9.22 Å². The molecule has 1 aliphatic heterocycles. The quantitative estimate of drug-likeness (QED) is 0.645. The van der Waals surface area contributed by atoms with Gasteiger partial charge in [-0.15, -0.1) is 34.0 Å². The van der Waals surface area contributed by atoms with Crippen LogP contribution in [0.2, 0.25) is 0 Å². The molecule has 0 saturated carbocycles. The zero-order valence-corrected chi connectivity index (χ0v) is 16.6. The van der Waals surface area contributed by atoms with Gasteiger partial charge in [-0.05, 0) is 22.9 Å². The van der Waals surface area contributed by atoms with E-state index in [-0.39, 0.29) is 0 Å². The fourth-order valence-corrected chi connectivity index (χ4v) is 6.94. The molecule has 0 aromatic carbocycles. The molecule has 0 aliphatic carbocycles. The lowest BCUT2D eigenvalue weighted by Gasteiger charge is -2.33. The summed E-state index contributed by atoms with van der Waals surface area (Å²) in [4.78, 5) is 8.18. The molecule has 0 N–H and O–H groups in total. The highest BCUT2D eigenvalue weighted by Crippen LogP contribution is 2.27. The Hall–Kier alpha value is -1.10. The van der Waals surface area contributed by atoms with Crippen molar-refractivity contribution in [1.29, 1.82) is 0 Å². The molecular formula is C16H17N3O2S4. The average molecular weight is 412 g/mol. The van der Waals surface area contributed by atoms with Gasteiger partial charge in [-0.1, -0.05) is 12.1 Å². The van der Waals surface area contributed by atoms with Crippen LogP contribution in [-0.4, -0.2) is 48.8 Å². The Bertz CT molecular complexity index is 909. The van der Waals surface area contributed by atoms with Crippen molar-refractivity contribution in [3.05, 3.63) is 45.4 Å². The molecule has 0 atom stereocenters. The summed E-state index contributed by atoms with van der Waals surface area (Å²) in [5, 5.41) is 7.04. The summed E-state index contributed by atoms with van der Waals surface area (Å²) >= 11 is 4.64. The van der Waals surface area contributed by atoms with E-state index < -0.39 is 10.0 Å². The first-order valence-electron chi connectivity index (χ1n) is 7.87. The number of nitrogens with zero attached hydrogens (tertiary/aromatic N) is 3. The lowest BCUT2D eigenvalue weighted by Crippen LogP contribution is -2.48. The first-order valence-corrected chi connectivity index (χ1v) is 11.9. The summed E-state index contributed by atoms with van der Waals surface area (Å²) in [7, 11) is -3.33. The second kappa shape index (κ2) is 7.26. The molecule has 0 amide bonds. The fraction of sp³-hybridized carbons (Fsp3) is 0.312. The number of piperazine rings is 1. The van der Waals surface area contributed by atoms with E-state index in [9.17, 15) is 8.42 Å². The van der Waals surface area contributed by atoms with E-state index >= 15 is 0 Å². The van der Waals surface area contributed by atoms with Gasteiger partial charge >= 0.3 is 0 Å². The molecule has 0 spiro atoms. The van der Waals surface area contributed by atoms with Gasteiger partial charge in [-0.25, -0.2) is 13.4 Å². The number of thiazole rings is 1. The van der Waals surface area contributed by atoms with Gasteiger partial charge in [0, 0.05) is 31.6 Å². The van der Waals surface area contributed by atoms with E-state index in [2.05, 4.69) is 21.7 Å². The number of thiophene rings is 2. The van der Waals surface area contributed by atoms with Crippen LogP contribution in [0.5, 0.6) is 0 Å². The highest BCUT2D eigenvalue weighted by molar-refractivity contribution is 7.91. The van der Waals surface area contributed by atoms with Gasteiger partial charge in [0.2, 0.25) is 0 Å². The van der Waals surface area contributed by atoms with Crippen molar-refractivity contribution in [2.75, 3.05) is 26.2 Å². The molecule has 5 nitrogen and oxygen atoms in total. The smallest absolute Gasteiger partial charge is 0.252 e. The maximum Gasteiger partial charge on any atom is 0.252 e. The zero-order chi connectivity index (χ0) is 17.3. The SMILES string of the molecule is O=S(=O)(c1cccs1)N1CCN(Cc2nc(-c3cccs3)cs2)CC1. The molecule has 25 heavy (non-hydrogen) atoms. The monoisotopic (exact) mass is 411 g/mol. The van der Waals surface area contributed by atoms with Crippen LogP contribution >= 0.6 is 34.0 Å². The number of aromatic nitrogens is 1. The third-order valence-electron chi connectivity index (χ3n) is 4.10. The van der Waals surface area contributed by atoms with E-state index in [1.807, 2.05) is 6.07 Å². The summed E-state index contributed by atoms with van der Waals surface area (Å²) in [6, 6.07) is 7.57. The minimum Gasteiger partial charge on any atom is -0.294 e. The van der Waals surface area contributed by atoms with Crippen LogP contribution in [0.4, 0.5) is 0 Å². The molecule has 4 rings (SSSR count). The second-order valence-electron chi connectivity index (χ2n) is 5.72. The topological polar surface area (TPSA) is 53.5 Å². The minimum absolute atomic E-state index is 0.432. The van der Waals surface area contributed by atoms with E-state index in [1.165, 1.54) is 16.2 Å². The molecule has 3 aromatic heterocycles. The van der Waals surface area contributed by atoms with Crippen molar-refractivity contribution >= 4 is 44.0 Å². The lowest BCUT2D eigenvalue weighted by atomic mass is 10.3. The fourth-order valence-electron chi connectivity index (χ4n) is 2.78. The molecule has 3 aromatic rings. The third kappa shape index (κ3) is 3.71.